The lowest BCUT2D eigenvalue weighted by Crippen LogP contribution is -2.32. The first-order valence-corrected chi connectivity index (χ1v) is 14.0. The Hall–Kier alpha value is -3.71. The monoisotopic (exact) mass is 539 g/mol. The summed E-state index contributed by atoms with van der Waals surface area (Å²) in [6.07, 6.45) is 0.852. The molecular weight excluding hydrogens is 514 g/mol. The van der Waals surface area contributed by atoms with Crippen LogP contribution in [-0.2, 0) is 16.6 Å². The van der Waals surface area contributed by atoms with Gasteiger partial charge in [0.25, 0.3) is 5.91 Å². The molecule has 1 aliphatic rings. The number of carbonyl (C=O) groups is 1. The zero-order valence-electron chi connectivity index (χ0n) is 20.2. The van der Waals surface area contributed by atoms with Gasteiger partial charge in [-0.1, -0.05) is 18.3 Å². The van der Waals surface area contributed by atoms with Crippen LogP contribution < -0.4 is 14.3 Å². The van der Waals surface area contributed by atoms with Crippen molar-refractivity contribution in [1.82, 2.24) is 8.87 Å². The summed E-state index contributed by atoms with van der Waals surface area (Å²) in [4.78, 5) is 17.9. The highest BCUT2D eigenvalue weighted by Gasteiger charge is 2.24. The average molecular weight is 540 g/mol. The van der Waals surface area contributed by atoms with E-state index in [4.69, 9.17) is 20.0 Å². The predicted octanol–water partition coefficient (Wildman–Crippen LogP) is 3.44. The van der Waals surface area contributed by atoms with Crippen LogP contribution in [0.2, 0.25) is 0 Å². The lowest BCUT2D eigenvalue weighted by atomic mass is 10.2. The minimum absolute atomic E-state index is 0.00821. The fourth-order valence-corrected chi connectivity index (χ4v) is 6.41. The Labute approximate surface area is 218 Å². The van der Waals surface area contributed by atoms with Gasteiger partial charge in [0, 0.05) is 50.2 Å². The van der Waals surface area contributed by atoms with Crippen LogP contribution in [0.15, 0.2) is 46.3 Å². The number of amides is 1. The zero-order chi connectivity index (χ0) is 26.4. The summed E-state index contributed by atoms with van der Waals surface area (Å²) in [5.74, 6) is 0.829. The predicted molar refractivity (Wildman–Crippen MR) is 137 cm³/mol. The van der Waals surface area contributed by atoms with Gasteiger partial charge in [0.2, 0.25) is 10.0 Å². The smallest absolute Gasteiger partial charge is 0.279 e. The maximum atomic E-state index is 13.0. The standard InChI is InChI=1S/C25H25N5O5S2/c1-2-11-30-20-16-21-22(35-15-14-34-21)17-23(20)36-25(30)28-24(31)18-5-7-19(8-6-18)37(32,33)29(12-3-9-26)13-4-10-27/h5-8,16-17H,2-4,11-15H2,1H3. The molecule has 37 heavy (non-hydrogen) atoms. The number of benzene rings is 2. The Morgan fingerprint density at radius 3 is 2.30 bits per heavy atom. The van der Waals surface area contributed by atoms with E-state index in [0.717, 1.165) is 20.9 Å². The summed E-state index contributed by atoms with van der Waals surface area (Å²) in [5.41, 5.74) is 1.14. The lowest BCUT2D eigenvalue weighted by Gasteiger charge is -2.20. The minimum Gasteiger partial charge on any atom is -0.486 e. The highest BCUT2D eigenvalue weighted by atomic mass is 32.2. The van der Waals surface area contributed by atoms with Crippen LogP contribution >= 0.6 is 11.3 Å². The van der Waals surface area contributed by atoms with Crippen molar-refractivity contribution < 1.29 is 22.7 Å². The average Bonchev–Trinajstić information content (AvgIpc) is 3.23. The van der Waals surface area contributed by atoms with Crippen LogP contribution in [0.25, 0.3) is 10.2 Å². The Morgan fingerprint density at radius 2 is 1.70 bits per heavy atom. The molecule has 0 saturated carbocycles. The Bertz CT molecular complexity index is 1540. The second kappa shape index (κ2) is 11.6. The van der Waals surface area contributed by atoms with Gasteiger partial charge < -0.3 is 14.0 Å². The molecule has 2 heterocycles. The molecule has 0 N–H and O–H groups in total. The maximum absolute atomic E-state index is 13.0. The number of nitriles is 2. The molecule has 1 aromatic heterocycles. The topological polar surface area (TPSA) is 138 Å². The Balaban J connectivity index is 1.65. The van der Waals surface area contributed by atoms with Crippen LogP contribution in [0.1, 0.15) is 36.5 Å². The molecule has 0 fully saturated rings. The van der Waals surface area contributed by atoms with E-state index in [1.807, 2.05) is 35.8 Å². The van der Waals surface area contributed by atoms with E-state index in [2.05, 4.69) is 4.99 Å². The molecule has 3 aromatic rings. The molecule has 0 radical (unpaired) electrons. The largest absolute Gasteiger partial charge is 0.486 e. The summed E-state index contributed by atoms with van der Waals surface area (Å²) in [6.45, 7) is 3.62. The molecule has 1 amide bonds. The van der Waals surface area contributed by atoms with Crippen molar-refractivity contribution >= 4 is 37.5 Å². The van der Waals surface area contributed by atoms with Crippen molar-refractivity contribution in [3.8, 4) is 23.6 Å². The number of hydrogen-bond acceptors (Lipinski definition) is 8. The number of fused-ring (bicyclic) bond motifs is 2. The van der Waals surface area contributed by atoms with E-state index in [1.165, 1.54) is 35.6 Å². The quantitative estimate of drug-likeness (QED) is 0.406. The van der Waals surface area contributed by atoms with Gasteiger partial charge in [-0.25, -0.2) is 8.42 Å². The SMILES string of the molecule is CCCn1c(=NC(=O)c2ccc(S(=O)(=O)N(CCC#N)CCC#N)cc2)sc2cc3c(cc21)OCCO3. The molecule has 0 unspecified atom stereocenters. The fourth-order valence-electron chi connectivity index (χ4n) is 3.90. The van der Waals surface area contributed by atoms with Gasteiger partial charge in [-0.05, 0) is 30.7 Å². The molecule has 4 rings (SSSR count). The fraction of sp³-hybridized carbons (Fsp3) is 0.360. The highest BCUT2D eigenvalue weighted by molar-refractivity contribution is 7.89. The third-order valence-corrected chi connectivity index (χ3v) is 8.63. The van der Waals surface area contributed by atoms with Crippen LogP contribution in [0.5, 0.6) is 11.5 Å². The molecule has 0 bridgehead atoms. The normalized spacial score (nSPS) is 13.5. The molecule has 12 heteroatoms. The molecule has 0 aliphatic carbocycles. The molecule has 0 saturated heterocycles. The number of nitrogens with zero attached hydrogens (tertiary/aromatic N) is 5. The van der Waals surface area contributed by atoms with Crippen LogP contribution in [0.4, 0.5) is 0 Å². The van der Waals surface area contributed by atoms with E-state index in [9.17, 15) is 13.2 Å². The molecule has 0 spiro atoms. The third-order valence-electron chi connectivity index (χ3n) is 5.68. The van der Waals surface area contributed by atoms with E-state index in [0.29, 0.717) is 36.1 Å². The minimum atomic E-state index is -3.92. The third kappa shape index (κ3) is 5.67. The number of hydrogen-bond donors (Lipinski definition) is 0. The van der Waals surface area contributed by atoms with Crippen LogP contribution in [0.3, 0.4) is 0 Å². The molecule has 192 valence electrons. The number of aryl methyl sites for hydroxylation is 1. The summed E-state index contributed by atoms with van der Waals surface area (Å²) in [6, 6.07) is 13.2. The van der Waals surface area contributed by atoms with Gasteiger partial charge in [0.1, 0.15) is 13.2 Å². The van der Waals surface area contributed by atoms with Gasteiger partial charge in [-0.3, -0.25) is 4.79 Å². The summed E-state index contributed by atoms with van der Waals surface area (Å²) >= 11 is 1.37. The van der Waals surface area contributed by atoms with Gasteiger partial charge >= 0.3 is 0 Å². The summed E-state index contributed by atoms with van der Waals surface area (Å²) in [7, 11) is -3.92. The van der Waals surface area contributed by atoms with Gasteiger partial charge in [-0.2, -0.15) is 19.8 Å². The van der Waals surface area contributed by atoms with E-state index >= 15 is 0 Å². The highest BCUT2D eigenvalue weighted by Crippen LogP contribution is 2.35. The number of aromatic nitrogens is 1. The van der Waals surface area contributed by atoms with Crippen LogP contribution in [-0.4, -0.2) is 49.5 Å². The van der Waals surface area contributed by atoms with E-state index in [-0.39, 0.29) is 36.4 Å². The molecule has 10 nitrogen and oxygen atoms in total. The number of carbonyl (C=O) groups excluding carboxylic acids is 1. The molecular formula is C25H25N5O5S2. The van der Waals surface area contributed by atoms with Crippen LogP contribution in [0, 0.1) is 22.7 Å². The van der Waals surface area contributed by atoms with Gasteiger partial charge in [0.05, 0.1) is 27.3 Å². The summed E-state index contributed by atoms with van der Waals surface area (Å²) < 4.78 is 41.4. The second-order valence-electron chi connectivity index (χ2n) is 8.16. The molecule has 0 atom stereocenters. The number of rotatable bonds is 9. The van der Waals surface area contributed by atoms with E-state index in [1.54, 1.807) is 0 Å². The number of sulfonamides is 1. The Morgan fingerprint density at radius 1 is 1.08 bits per heavy atom. The zero-order valence-corrected chi connectivity index (χ0v) is 21.8. The Kier molecular flexibility index (Phi) is 8.24. The van der Waals surface area contributed by atoms with Crippen molar-refractivity contribution in [2.45, 2.75) is 37.6 Å². The second-order valence-corrected chi connectivity index (χ2v) is 11.1. The molecule has 2 aromatic carbocycles. The van der Waals surface area contributed by atoms with Gasteiger partial charge in [-0.15, -0.1) is 0 Å². The summed E-state index contributed by atoms with van der Waals surface area (Å²) in [5, 5.41) is 17.7. The van der Waals surface area contributed by atoms with Crippen molar-refractivity contribution in [3.05, 3.63) is 46.8 Å². The van der Waals surface area contributed by atoms with Crippen molar-refractivity contribution in [2.75, 3.05) is 26.3 Å². The first kappa shape index (κ1) is 26.4. The first-order valence-electron chi connectivity index (χ1n) is 11.7. The van der Waals surface area contributed by atoms with Crippen molar-refractivity contribution in [3.63, 3.8) is 0 Å². The van der Waals surface area contributed by atoms with Crippen molar-refractivity contribution in [1.29, 1.82) is 10.5 Å². The lowest BCUT2D eigenvalue weighted by molar-refractivity contribution is 0.0997. The number of ether oxygens (including phenoxy) is 2. The van der Waals surface area contributed by atoms with E-state index < -0.39 is 15.9 Å². The molecule has 1 aliphatic heterocycles. The van der Waals surface area contributed by atoms with Gasteiger partial charge in [0.15, 0.2) is 16.3 Å². The first-order chi connectivity index (χ1) is 17.9. The number of thiazole rings is 1. The maximum Gasteiger partial charge on any atom is 0.279 e. The van der Waals surface area contributed by atoms with Crippen molar-refractivity contribution in [2.24, 2.45) is 4.99 Å².